The highest BCUT2D eigenvalue weighted by Crippen LogP contribution is 2.32. The van der Waals surface area contributed by atoms with Crippen LogP contribution in [0.2, 0.25) is 5.02 Å². The molecule has 0 radical (unpaired) electrons. The molecule has 1 aromatic carbocycles. The summed E-state index contributed by atoms with van der Waals surface area (Å²) in [6.07, 6.45) is -3.66. The van der Waals surface area contributed by atoms with Gasteiger partial charge < -0.3 is 4.57 Å². The van der Waals surface area contributed by atoms with Crippen molar-refractivity contribution in [2.24, 2.45) is 0 Å². The molecule has 0 aliphatic carbocycles. The third-order valence-corrected chi connectivity index (χ3v) is 4.54. The van der Waals surface area contributed by atoms with Crippen molar-refractivity contribution in [1.29, 1.82) is 0 Å². The van der Waals surface area contributed by atoms with E-state index in [1.807, 2.05) is 30.5 Å². The van der Waals surface area contributed by atoms with Crippen LogP contribution in [-0.4, -0.2) is 14.5 Å². The lowest BCUT2D eigenvalue weighted by atomic mass is 10.2. The second kappa shape index (κ2) is 6.04. The van der Waals surface area contributed by atoms with E-state index in [1.165, 1.54) is 0 Å². The monoisotopic (exact) mass is 417 g/mol. The van der Waals surface area contributed by atoms with E-state index in [9.17, 15) is 13.2 Å². The average Bonchev–Trinajstić information content (AvgIpc) is 2.77. The number of aryl methyl sites for hydroxylation is 2. The van der Waals surface area contributed by atoms with Gasteiger partial charge in [0.15, 0.2) is 0 Å². The van der Waals surface area contributed by atoms with Gasteiger partial charge in [0, 0.05) is 10.7 Å². The fourth-order valence-electron chi connectivity index (χ4n) is 2.55. The molecule has 0 N–H and O–H groups in total. The molecular formula is C16H12BrClF3N3. The van der Waals surface area contributed by atoms with Crippen molar-refractivity contribution in [3.8, 4) is 0 Å². The lowest BCUT2D eigenvalue weighted by Gasteiger charge is -2.11. The minimum atomic E-state index is -4.46. The van der Waals surface area contributed by atoms with E-state index < -0.39 is 11.7 Å². The van der Waals surface area contributed by atoms with E-state index in [0.717, 1.165) is 39.2 Å². The van der Waals surface area contributed by atoms with Crippen LogP contribution in [0.4, 0.5) is 13.2 Å². The van der Waals surface area contributed by atoms with Crippen LogP contribution in [0, 0.1) is 13.8 Å². The highest BCUT2D eigenvalue weighted by atomic mass is 79.9. The van der Waals surface area contributed by atoms with Crippen LogP contribution in [0.3, 0.4) is 0 Å². The predicted molar refractivity (Wildman–Crippen MR) is 90.3 cm³/mol. The first-order chi connectivity index (χ1) is 11.2. The van der Waals surface area contributed by atoms with Gasteiger partial charge in [0.05, 0.1) is 33.9 Å². The summed E-state index contributed by atoms with van der Waals surface area (Å²) in [6, 6.07) is 4.78. The smallest absolute Gasteiger partial charge is 0.322 e. The Balaban J connectivity index is 2.06. The van der Waals surface area contributed by atoms with Crippen molar-refractivity contribution in [3.05, 3.63) is 56.5 Å². The Labute approximate surface area is 149 Å². The number of fused-ring (bicyclic) bond motifs is 1. The maximum atomic E-state index is 12.7. The molecule has 0 aliphatic heterocycles. The Hall–Kier alpha value is -1.60. The van der Waals surface area contributed by atoms with E-state index in [1.54, 1.807) is 0 Å². The molecule has 0 spiro atoms. The van der Waals surface area contributed by atoms with Crippen LogP contribution in [0.15, 0.2) is 28.9 Å². The van der Waals surface area contributed by atoms with Crippen LogP contribution in [0.25, 0.3) is 11.0 Å². The number of halogens is 5. The molecule has 2 aromatic heterocycles. The molecule has 126 valence electrons. The average molecular weight is 419 g/mol. The van der Waals surface area contributed by atoms with Crippen molar-refractivity contribution < 1.29 is 13.2 Å². The summed E-state index contributed by atoms with van der Waals surface area (Å²) in [5, 5.41) is -0.0159. The van der Waals surface area contributed by atoms with Gasteiger partial charge in [-0.3, -0.25) is 4.98 Å². The second-order valence-electron chi connectivity index (χ2n) is 5.49. The molecule has 3 aromatic rings. The highest BCUT2D eigenvalue weighted by Gasteiger charge is 2.31. The van der Waals surface area contributed by atoms with Crippen molar-refractivity contribution in [3.63, 3.8) is 0 Å². The van der Waals surface area contributed by atoms with Gasteiger partial charge in [0.1, 0.15) is 5.82 Å². The van der Waals surface area contributed by atoms with Crippen LogP contribution in [0.5, 0.6) is 0 Å². The van der Waals surface area contributed by atoms with Gasteiger partial charge in [-0.05, 0) is 37.6 Å². The SMILES string of the molecule is Cc1cc(Br)cc2c1nc(C)n2Cc1ncc(C(F)(F)F)cc1Cl. The van der Waals surface area contributed by atoms with Crippen molar-refractivity contribution in [2.75, 3.05) is 0 Å². The first-order valence-corrected chi connectivity index (χ1v) is 8.18. The van der Waals surface area contributed by atoms with Gasteiger partial charge >= 0.3 is 6.18 Å². The zero-order valence-electron chi connectivity index (χ0n) is 12.7. The van der Waals surface area contributed by atoms with Crippen molar-refractivity contribution in [1.82, 2.24) is 14.5 Å². The second-order valence-corrected chi connectivity index (χ2v) is 6.81. The third-order valence-electron chi connectivity index (χ3n) is 3.75. The minimum Gasteiger partial charge on any atom is -0.322 e. The molecule has 0 unspecified atom stereocenters. The van der Waals surface area contributed by atoms with Crippen molar-refractivity contribution in [2.45, 2.75) is 26.6 Å². The summed E-state index contributed by atoms with van der Waals surface area (Å²) in [6.45, 7) is 4.04. The van der Waals surface area contributed by atoms with Crippen LogP contribution in [0.1, 0.15) is 22.6 Å². The number of rotatable bonds is 2. The van der Waals surface area contributed by atoms with E-state index in [4.69, 9.17) is 11.6 Å². The number of pyridine rings is 1. The Morgan fingerprint density at radius 1 is 1.21 bits per heavy atom. The Morgan fingerprint density at radius 3 is 2.54 bits per heavy atom. The summed E-state index contributed by atoms with van der Waals surface area (Å²) in [5.41, 5.74) is 2.23. The first-order valence-electron chi connectivity index (χ1n) is 7.01. The Bertz CT molecular complexity index is 934. The van der Waals surface area contributed by atoms with Crippen LogP contribution < -0.4 is 0 Å². The number of imidazole rings is 1. The molecular weight excluding hydrogens is 407 g/mol. The Morgan fingerprint density at radius 2 is 1.92 bits per heavy atom. The number of alkyl halides is 3. The number of nitrogens with zero attached hydrogens (tertiary/aromatic N) is 3. The zero-order chi connectivity index (χ0) is 17.6. The Kier molecular flexibility index (Phi) is 4.34. The van der Waals surface area contributed by atoms with Crippen molar-refractivity contribution >= 4 is 38.6 Å². The standard InChI is InChI=1S/C16H12BrClF3N3/c1-8-3-11(17)5-14-15(8)23-9(2)24(14)7-13-12(18)4-10(6-22-13)16(19,20)21/h3-6H,7H2,1-2H3. The molecule has 3 nitrogen and oxygen atoms in total. The summed E-state index contributed by atoms with van der Waals surface area (Å²) >= 11 is 9.46. The van der Waals surface area contributed by atoms with E-state index in [2.05, 4.69) is 25.9 Å². The number of aromatic nitrogens is 3. The number of hydrogen-bond acceptors (Lipinski definition) is 2. The van der Waals surface area contributed by atoms with Gasteiger partial charge in [0.25, 0.3) is 0 Å². The van der Waals surface area contributed by atoms with Gasteiger partial charge in [-0.25, -0.2) is 4.98 Å². The molecule has 0 saturated heterocycles. The van der Waals surface area contributed by atoms with E-state index >= 15 is 0 Å². The molecule has 0 fully saturated rings. The minimum absolute atomic E-state index is 0.0159. The highest BCUT2D eigenvalue weighted by molar-refractivity contribution is 9.10. The fourth-order valence-corrected chi connectivity index (χ4v) is 3.34. The topological polar surface area (TPSA) is 30.7 Å². The first kappa shape index (κ1) is 17.2. The number of benzene rings is 1. The van der Waals surface area contributed by atoms with E-state index in [-0.39, 0.29) is 11.6 Å². The lowest BCUT2D eigenvalue weighted by Crippen LogP contribution is -2.09. The predicted octanol–water partition coefficient (Wildman–Crippen LogP) is 5.53. The van der Waals surface area contributed by atoms with Crippen LogP contribution in [-0.2, 0) is 12.7 Å². The molecule has 3 rings (SSSR count). The molecule has 2 heterocycles. The summed E-state index contributed by atoms with van der Waals surface area (Å²) < 4.78 is 40.9. The molecule has 0 saturated carbocycles. The molecule has 8 heteroatoms. The van der Waals surface area contributed by atoms with E-state index in [0.29, 0.717) is 5.69 Å². The molecule has 24 heavy (non-hydrogen) atoms. The normalized spacial score (nSPS) is 12.1. The van der Waals surface area contributed by atoms with Gasteiger partial charge in [-0.15, -0.1) is 0 Å². The summed E-state index contributed by atoms with van der Waals surface area (Å²) in [4.78, 5) is 8.43. The summed E-state index contributed by atoms with van der Waals surface area (Å²) in [7, 11) is 0. The molecule has 0 atom stereocenters. The largest absolute Gasteiger partial charge is 0.417 e. The maximum Gasteiger partial charge on any atom is 0.417 e. The number of hydrogen-bond donors (Lipinski definition) is 0. The zero-order valence-corrected chi connectivity index (χ0v) is 15.1. The van der Waals surface area contributed by atoms with Gasteiger partial charge in [-0.1, -0.05) is 27.5 Å². The maximum absolute atomic E-state index is 12.7. The summed E-state index contributed by atoms with van der Waals surface area (Å²) in [5.74, 6) is 0.740. The molecule has 0 bridgehead atoms. The molecule has 0 amide bonds. The van der Waals surface area contributed by atoms with Gasteiger partial charge in [-0.2, -0.15) is 13.2 Å². The van der Waals surface area contributed by atoms with Crippen LogP contribution >= 0.6 is 27.5 Å². The quantitative estimate of drug-likeness (QED) is 0.548. The fraction of sp³-hybridized carbons (Fsp3) is 0.250. The third kappa shape index (κ3) is 3.15. The molecule has 0 aliphatic rings. The van der Waals surface area contributed by atoms with Gasteiger partial charge in [0.2, 0.25) is 0 Å². The lowest BCUT2D eigenvalue weighted by molar-refractivity contribution is -0.137.